The topological polar surface area (TPSA) is 49.8 Å². The maximum absolute atomic E-state index is 12.0. The van der Waals surface area contributed by atoms with E-state index in [9.17, 15) is 4.79 Å². The number of hydrogen-bond acceptors (Lipinski definition) is 3. The Balaban J connectivity index is 2.57. The standard InChI is InChI=1S/C17H23NO3/c1-14(21-3)9-10-17(20)18(2)13-16-7-4-6-15(12-16)8-5-11-19/h4,6-7,12,14,19H,9-11,13H2,1-3H3. The van der Waals surface area contributed by atoms with Crippen molar-refractivity contribution in [2.75, 3.05) is 20.8 Å². The molecule has 0 bridgehead atoms. The predicted octanol–water partition coefficient (Wildman–Crippen LogP) is 1.80. The van der Waals surface area contributed by atoms with E-state index >= 15 is 0 Å². The van der Waals surface area contributed by atoms with Crippen LogP contribution in [0.1, 0.15) is 30.9 Å². The highest BCUT2D eigenvalue weighted by molar-refractivity contribution is 5.75. The third kappa shape index (κ3) is 6.44. The van der Waals surface area contributed by atoms with E-state index in [2.05, 4.69) is 11.8 Å². The number of methoxy groups -OCH3 is 1. The van der Waals surface area contributed by atoms with E-state index in [1.165, 1.54) is 0 Å². The van der Waals surface area contributed by atoms with Crippen LogP contribution in [0.3, 0.4) is 0 Å². The van der Waals surface area contributed by atoms with Gasteiger partial charge in [-0.3, -0.25) is 4.79 Å². The first-order valence-electron chi connectivity index (χ1n) is 7.02. The molecule has 1 atom stereocenters. The quantitative estimate of drug-likeness (QED) is 0.813. The lowest BCUT2D eigenvalue weighted by Gasteiger charge is -2.18. The summed E-state index contributed by atoms with van der Waals surface area (Å²) in [7, 11) is 3.45. The average molecular weight is 289 g/mol. The molecule has 0 aromatic heterocycles. The number of ether oxygens (including phenoxy) is 1. The molecule has 0 spiro atoms. The first-order chi connectivity index (χ1) is 10.1. The summed E-state index contributed by atoms with van der Waals surface area (Å²) in [6, 6.07) is 7.69. The van der Waals surface area contributed by atoms with Crippen LogP contribution in [-0.4, -0.2) is 42.8 Å². The van der Waals surface area contributed by atoms with Crippen LogP contribution in [-0.2, 0) is 16.1 Å². The molecule has 21 heavy (non-hydrogen) atoms. The van der Waals surface area contributed by atoms with E-state index in [0.717, 1.165) is 17.5 Å². The lowest BCUT2D eigenvalue weighted by atomic mass is 10.1. The molecular weight excluding hydrogens is 266 g/mol. The predicted molar refractivity (Wildman–Crippen MR) is 82.6 cm³/mol. The molecule has 0 heterocycles. The number of benzene rings is 1. The highest BCUT2D eigenvalue weighted by atomic mass is 16.5. The van der Waals surface area contributed by atoms with E-state index in [1.54, 1.807) is 19.1 Å². The monoisotopic (exact) mass is 289 g/mol. The maximum atomic E-state index is 12.0. The van der Waals surface area contributed by atoms with Crippen LogP contribution in [0.5, 0.6) is 0 Å². The molecule has 0 aliphatic rings. The Hall–Kier alpha value is -1.83. The van der Waals surface area contributed by atoms with Crippen molar-refractivity contribution in [1.82, 2.24) is 4.90 Å². The van der Waals surface area contributed by atoms with Gasteiger partial charge in [0.1, 0.15) is 6.61 Å². The summed E-state index contributed by atoms with van der Waals surface area (Å²) in [6.07, 6.45) is 1.30. The zero-order chi connectivity index (χ0) is 15.7. The summed E-state index contributed by atoms with van der Waals surface area (Å²) in [5.41, 5.74) is 1.87. The molecule has 0 radical (unpaired) electrons. The van der Waals surface area contributed by atoms with Gasteiger partial charge in [0, 0.05) is 32.7 Å². The van der Waals surface area contributed by atoms with Crippen LogP contribution < -0.4 is 0 Å². The van der Waals surface area contributed by atoms with Crippen molar-refractivity contribution in [2.45, 2.75) is 32.4 Å². The van der Waals surface area contributed by atoms with Gasteiger partial charge in [-0.2, -0.15) is 0 Å². The maximum Gasteiger partial charge on any atom is 0.222 e. The van der Waals surface area contributed by atoms with Crippen molar-refractivity contribution in [3.63, 3.8) is 0 Å². The minimum absolute atomic E-state index is 0.0967. The van der Waals surface area contributed by atoms with Crippen LogP contribution in [0.15, 0.2) is 24.3 Å². The Labute approximate surface area is 126 Å². The number of rotatable bonds is 6. The van der Waals surface area contributed by atoms with Gasteiger partial charge in [0.05, 0.1) is 6.10 Å². The minimum Gasteiger partial charge on any atom is -0.384 e. The Morgan fingerprint density at radius 3 is 2.90 bits per heavy atom. The fourth-order valence-electron chi connectivity index (χ4n) is 1.89. The molecule has 1 rings (SSSR count). The molecule has 0 aliphatic heterocycles. The fourth-order valence-corrected chi connectivity index (χ4v) is 1.89. The van der Waals surface area contributed by atoms with Crippen molar-refractivity contribution >= 4 is 5.91 Å². The molecule has 1 N–H and O–H groups in total. The van der Waals surface area contributed by atoms with Crippen molar-refractivity contribution in [3.8, 4) is 11.8 Å². The van der Waals surface area contributed by atoms with Gasteiger partial charge in [0.2, 0.25) is 5.91 Å². The minimum atomic E-state index is -0.152. The molecule has 0 aliphatic carbocycles. The number of amides is 1. The number of aliphatic hydroxyl groups is 1. The van der Waals surface area contributed by atoms with Crippen molar-refractivity contribution in [3.05, 3.63) is 35.4 Å². The number of aliphatic hydroxyl groups excluding tert-OH is 1. The average Bonchev–Trinajstić information content (AvgIpc) is 2.50. The molecule has 4 nitrogen and oxygen atoms in total. The van der Waals surface area contributed by atoms with Gasteiger partial charge in [0.25, 0.3) is 0 Å². The molecule has 0 fully saturated rings. The summed E-state index contributed by atoms with van der Waals surface area (Å²) in [5.74, 6) is 5.59. The zero-order valence-electron chi connectivity index (χ0n) is 12.9. The highest BCUT2D eigenvalue weighted by Gasteiger charge is 2.11. The van der Waals surface area contributed by atoms with Crippen LogP contribution in [0.4, 0.5) is 0 Å². The van der Waals surface area contributed by atoms with E-state index in [4.69, 9.17) is 9.84 Å². The van der Waals surface area contributed by atoms with Crippen LogP contribution in [0.2, 0.25) is 0 Å². The van der Waals surface area contributed by atoms with Gasteiger partial charge in [0.15, 0.2) is 0 Å². The third-order valence-corrected chi connectivity index (χ3v) is 3.25. The Bertz CT molecular complexity index is 516. The van der Waals surface area contributed by atoms with Gasteiger partial charge in [-0.25, -0.2) is 0 Å². The summed E-state index contributed by atoms with van der Waals surface area (Å²) in [6.45, 7) is 2.35. The molecule has 1 unspecified atom stereocenters. The second-order valence-electron chi connectivity index (χ2n) is 5.00. The van der Waals surface area contributed by atoms with E-state index in [-0.39, 0.29) is 18.6 Å². The second-order valence-corrected chi connectivity index (χ2v) is 5.00. The Morgan fingerprint density at radius 1 is 1.48 bits per heavy atom. The first-order valence-corrected chi connectivity index (χ1v) is 7.02. The third-order valence-electron chi connectivity index (χ3n) is 3.25. The van der Waals surface area contributed by atoms with Crippen molar-refractivity contribution < 1.29 is 14.6 Å². The number of nitrogens with zero attached hydrogens (tertiary/aromatic N) is 1. The number of hydrogen-bond donors (Lipinski definition) is 1. The van der Waals surface area contributed by atoms with E-state index < -0.39 is 0 Å². The lowest BCUT2D eigenvalue weighted by molar-refractivity contribution is -0.131. The van der Waals surface area contributed by atoms with Crippen LogP contribution in [0.25, 0.3) is 0 Å². The normalized spacial score (nSPS) is 11.4. The molecule has 1 aromatic rings. The van der Waals surface area contributed by atoms with Gasteiger partial charge >= 0.3 is 0 Å². The molecular formula is C17H23NO3. The molecule has 1 amide bonds. The van der Waals surface area contributed by atoms with Gasteiger partial charge < -0.3 is 14.7 Å². The highest BCUT2D eigenvalue weighted by Crippen LogP contribution is 2.09. The van der Waals surface area contributed by atoms with E-state index in [1.807, 2.05) is 31.2 Å². The van der Waals surface area contributed by atoms with Gasteiger partial charge in [-0.15, -0.1) is 0 Å². The number of carbonyl (C=O) groups excluding carboxylic acids is 1. The fraction of sp³-hybridized carbons (Fsp3) is 0.471. The van der Waals surface area contributed by atoms with Crippen molar-refractivity contribution in [1.29, 1.82) is 0 Å². The summed E-state index contributed by atoms with van der Waals surface area (Å²) in [4.78, 5) is 13.7. The molecule has 4 heteroatoms. The van der Waals surface area contributed by atoms with Gasteiger partial charge in [-0.05, 0) is 31.0 Å². The van der Waals surface area contributed by atoms with E-state index in [0.29, 0.717) is 13.0 Å². The lowest BCUT2D eigenvalue weighted by Crippen LogP contribution is -2.26. The second kappa shape index (κ2) is 9.17. The summed E-state index contributed by atoms with van der Waals surface area (Å²) >= 11 is 0. The largest absolute Gasteiger partial charge is 0.384 e. The zero-order valence-corrected chi connectivity index (χ0v) is 12.9. The summed E-state index contributed by atoms with van der Waals surface area (Å²) in [5, 5.41) is 8.70. The van der Waals surface area contributed by atoms with Gasteiger partial charge in [-0.1, -0.05) is 24.0 Å². The Morgan fingerprint density at radius 2 is 2.24 bits per heavy atom. The molecule has 114 valence electrons. The van der Waals surface area contributed by atoms with Crippen LogP contribution >= 0.6 is 0 Å². The first kappa shape index (κ1) is 17.2. The van der Waals surface area contributed by atoms with Crippen molar-refractivity contribution in [2.24, 2.45) is 0 Å². The summed E-state index contributed by atoms with van der Waals surface area (Å²) < 4.78 is 5.15. The molecule has 0 saturated heterocycles. The van der Waals surface area contributed by atoms with Crippen LogP contribution in [0, 0.1) is 11.8 Å². The SMILES string of the molecule is COC(C)CCC(=O)N(C)Cc1cccc(C#CCO)c1. The molecule has 1 aromatic carbocycles. The Kier molecular flexibility index (Phi) is 7.52. The number of carbonyl (C=O) groups is 1. The molecule has 0 saturated carbocycles. The smallest absolute Gasteiger partial charge is 0.222 e.